The van der Waals surface area contributed by atoms with Crippen molar-refractivity contribution in [2.24, 2.45) is 5.41 Å². The molecule has 5 rings (SSSR count). The Bertz CT molecular complexity index is 961. The van der Waals surface area contributed by atoms with Gasteiger partial charge < -0.3 is 19.6 Å². The van der Waals surface area contributed by atoms with E-state index in [1.807, 2.05) is 6.07 Å². The van der Waals surface area contributed by atoms with E-state index in [1.54, 1.807) is 12.3 Å². The molecule has 1 N–H and O–H groups in total. The summed E-state index contributed by atoms with van der Waals surface area (Å²) in [6.07, 6.45) is 4.42. The van der Waals surface area contributed by atoms with E-state index in [2.05, 4.69) is 19.8 Å². The Balaban J connectivity index is 1.37. The average Bonchev–Trinajstić information content (AvgIpc) is 3.36. The molecule has 0 aromatic carbocycles. The van der Waals surface area contributed by atoms with Crippen LogP contribution in [0.25, 0.3) is 0 Å². The molecule has 2 saturated heterocycles. The highest BCUT2D eigenvalue weighted by Crippen LogP contribution is 2.40. The first-order chi connectivity index (χ1) is 14.0. The Hall–Kier alpha value is -2.74. The molecule has 0 aliphatic carbocycles. The maximum Gasteiger partial charge on any atom is 0.354 e. The van der Waals surface area contributed by atoms with Crippen LogP contribution >= 0.6 is 0 Å². The van der Waals surface area contributed by atoms with Gasteiger partial charge in [-0.1, -0.05) is 0 Å². The molecule has 3 aliphatic rings. The standard InChI is InChI=1S/C21H23FN4O3/c22-18-8-16(9-19(24-18)26-5-2-21(12-26)3-6-29-13-21)25-4-1-14-7-17(20(27)28)23-10-15(14)11-25/h7-10H,1-6,11-13H2,(H,27,28). The summed E-state index contributed by atoms with van der Waals surface area (Å²) in [5, 5.41) is 9.12. The first-order valence-electron chi connectivity index (χ1n) is 9.98. The number of halogens is 1. The molecule has 0 amide bonds. The van der Waals surface area contributed by atoms with Crippen LogP contribution < -0.4 is 9.80 Å². The van der Waals surface area contributed by atoms with Crippen molar-refractivity contribution < 1.29 is 19.0 Å². The van der Waals surface area contributed by atoms with Crippen molar-refractivity contribution in [1.29, 1.82) is 0 Å². The number of aromatic carboxylic acids is 1. The molecule has 1 atom stereocenters. The van der Waals surface area contributed by atoms with Crippen molar-refractivity contribution in [3.05, 3.63) is 47.2 Å². The van der Waals surface area contributed by atoms with E-state index < -0.39 is 11.9 Å². The number of hydrogen-bond acceptors (Lipinski definition) is 6. The number of nitrogens with zero attached hydrogens (tertiary/aromatic N) is 4. The normalized spacial score (nSPS) is 23.6. The number of carbonyl (C=O) groups is 1. The molecular formula is C21H23FN4O3. The van der Waals surface area contributed by atoms with Crippen molar-refractivity contribution in [2.45, 2.75) is 25.8 Å². The van der Waals surface area contributed by atoms with Crippen molar-refractivity contribution >= 4 is 17.5 Å². The summed E-state index contributed by atoms with van der Waals surface area (Å²) in [7, 11) is 0. The molecule has 2 aromatic heterocycles. The fourth-order valence-electron chi connectivity index (χ4n) is 4.69. The van der Waals surface area contributed by atoms with Gasteiger partial charge in [0.25, 0.3) is 0 Å². The number of ether oxygens (including phenoxy) is 1. The zero-order chi connectivity index (χ0) is 20.0. The summed E-state index contributed by atoms with van der Waals surface area (Å²) in [4.78, 5) is 23.6. The van der Waals surface area contributed by atoms with E-state index in [4.69, 9.17) is 9.84 Å². The van der Waals surface area contributed by atoms with Crippen LogP contribution in [0.1, 0.15) is 34.5 Å². The first kappa shape index (κ1) is 18.3. The van der Waals surface area contributed by atoms with Crippen LogP contribution in [0.3, 0.4) is 0 Å². The van der Waals surface area contributed by atoms with Crippen molar-refractivity contribution in [2.75, 3.05) is 42.6 Å². The summed E-state index contributed by atoms with van der Waals surface area (Å²) in [5.74, 6) is -0.827. The summed E-state index contributed by atoms with van der Waals surface area (Å²) < 4.78 is 20.0. The molecule has 8 heteroatoms. The molecule has 7 nitrogen and oxygen atoms in total. The zero-order valence-electron chi connectivity index (χ0n) is 16.1. The molecule has 152 valence electrons. The van der Waals surface area contributed by atoms with Gasteiger partial charge in [0.05, 0.1) is 6.61 Å². The summed E-state index contributed by atoms with van der Waals surface area (Å²) in [6.45, 7) is 4.57. The molecule has 2 fully saturated rings. The van der Waals surface area contributed by atoms with Gasteiger partial charge in [-0.25, -0.2) is 14.8 Å². The topological polar surface area (TPSA) is 78.8 Å². The SMILES string of the molecule is O=C(O)c1cc2c(cn1)CN(c1cc(F)nc(N3CCC4(CCOC4)C3)c1)CC2. The minimum Gasteiger partial charge on any atom is -0.477 e. The van der Waals surface area contributed by atoms with Crippen LogP contribution in [0.4, 0.5) is 15.9 Å². The molecule has 0 saturated carbocycles. The predicted octanol–water partition coefficient (Wildman–Crippen LogP) is 2.49. The number of pyridine rings is 2. The fraction of sp³-hybridized carbons (Fsp3) is 0.476. The predicted molar refractivity (Wildman–Crippen MR) is 105 cm³/mol. The van der Waals surface area contributed by atoms with Crippen LogP contribution in [0.2, 0.25) is 0 Å². The van der Waals surface area contributed by atoms with Crippen molar-refractivity contribution in [3.8, 4) is 0 Å². The quantitative estimate of drug-likeness (QED) is 0.796. The number of hydrogen-bond donors (Lipinski definition) is 1. The maximum absolute atomic E-state index is 14.4. The molecule has 3 aliphatic heterocycles. The average molecular weight is 398 g/mol. The Morgan fingerprint density at radius 3 is 2.86 bits per heavy atom. The third-order valence-corrected chi connectivity index (χ3v) is 6.39. The Morgan fingerprint density at radius 1 is 1.17 bits per heavy atom. The van der Waals surface area contributed by atoms with Gasteiger partial charge in [0, 0.05) is 62.2 Å². The van der Waals surface area contributed by atoms with Gasteiger partial charge in [0.1, 0.15) is 11.5 Å². The highest BCUT2D eigenvalue weighted by atomic mass is 19.1. The Morgan fingerprint density at radius 2 is 2.07 bits per heavy atom. The lowest BCUT2D eigenvalue weighted by Gasteiger charge is -2.31. The number of fused-ring (bicyclic) bond motifs is 1. The molecular weight excluding hydrogens is 375 g/mol. The number of aromatic nitrogens is 2. The second kappa shape index (κ2) is 6.95. The number of carboxylic acid groups (broad SMARTS) is 1. The molecule has 5 heterocycles. The van der Waals surface area contributed by atoms with Gasteiger partial charge in [0.15, 0.2) is 0 Å². The third-order valence-electron chi connectivity index (χ3n) is 6.39. The minimum atomic E-state index is -1.02. The number of anilines is 2. The van der Waals surface area contributed by atoms with Gasteiger partial charge in [-0.2, -0.15) is 4.39 Å². The van der Waals surface area contributed by atoms with Gasteiger partial charge in [-0.15, -0.1) is 0 Å². The van der Waals surface area contributed by atoms with E-state index in [1.165, 1.54) is 6.07 Å². The van der Waals surface area contributed by atoms with Gasteiger partial charge in [0.2, 0.25) is 5.95 Å². The lowest BCUT2D eigenvalue weighted by molar-refractivity contribution is 0.0690. The molecule has 1 spiro atoms. The first-order valence-corrected chi connectivity index (χ1v) is 9.98. The van der Waals surface area contributed by atoms with Crippen LogP contribution in [0, 0.1) is 11.4 Å². The Kier molecular flexibility index (Phi) is 4.38. The number of carboxylic acids is 1. The zero-order valence-corrected chi connectivity index (χ0v) is 16.1. The van der Waals surface area contributed by atoms with Gasteiger partial charge >= 0.3 is 5.97 Å². The highest BCUT2D eigenvalue weighted by molar-refractivity contribution is 5.85. The molecule has 0 bridgehead atoms. The van der Waals surface area contributed by atoms with Crippen LogP contribution in [0.5, 0.6) is 0 Å². The van der Waals surface area contributed by atoms with E-state index in [0.29, 0.717) is 25.3 Å². The van der Waals surface area contributed by atoms with Gasteiger partial charge in [-0.3, -0.25) is 0 Å². The number of rotatable bonds is 3. The fourth-order valence-corrected chi connectivity index (χ4v) is 4.69. The van der Waals surface area contributed by atoms with Crippen LogP contribution in [-0.4, -0.2) is 53.9 Å². The summed E-state index contributed by atoms with van der Waals surface area (Å²) in [5.41, 5.74) is 3.01. The lowest BCUT2D eigenvalue weighted by Crippen LogP contribution is -2.32. The molecule has 0 radical (unpaired) electrons. The smallest absolute Gasteiger partial charge is 0.354 e. The van der Waals surface area contributed by atoms with Crippen molar-refractivity contribution in [3.63, 3.8) is 0 Å². The third kappa shape index (κ3) is 3.42. The molecule has 1 unspecified atom stereocenters. The molecule has 29 heavy (non-hydrogen) atoms. The summed E-state index contributed by atoms with van der Waals surface area (Å²) >= 11 is 0. The van der Waals surface area contributed by atoms with E-state index in [-0.39, 0.29) is 11.1 Å². The van der Waals surface area contributed by atoms with Crippen LogP contribution in [-0.2, 0) is 17.7 Å². The lowest BCUT2D eigenvalue weighted by atomic mass is 9.87. The Labute approximate surface area is 168 Å². The van der Waals surface area contributed by atoms with Crippen molar-refractivity contribution in [1.82, 2.24) is 9.97 Å². The molecule has 2 aromatic rings. The monoisotopic (exact) mass is 398 g/mol. The highest BCUT2D eigenvalue weighted by Gasteiger charge is 2.41. The largest absolute Gasteiger partial charge is 0.477 e. The van der Waals surface area contributed by atoms with E-state index in [0.717, 1.165) is 56.0 Å². The second-order valence-electron chi connectivity index (χ2n) is 8.30. The summed E-state index contributed by atoms with van der Waals surface area (Å²) in [6, 6.07) is 5.07. The van der Waals surface area contributed by atoms with E-state index >= 15 is 0 Å². The van der Waals surface area contributed by atoms with Gasteiger partial charge in [-0.05, 0) is 36.5 Å². The maximum atomic E-state index is 14.4. The van der Waals surface area contributed by atoms with E-state index in [9.17, 15) is 9.18 Å². The minimum absolute atomic E-state index is 0.0632. The second-order valence-corrected chi connectivity index (χ2v) is 8.30. The van der Waals surface area contributed by atoms with Crippen LogP contribution in [0.15, 0.2) is 24.4 Å².